The van der Waals surface area contributed by atoms with Gasteiger partial charge in [0.15, 0.2) is 0 Å². The van der Waals surface area contributed by atoms with Gasteiger partial charge < -0.3 is 20.7 Å². The Kier molecular flexibility index (Phi) is 6.09. The van der Waals surface area contributed by atoms with Crippen molar-refractivity contribution in [2.75, 3.05) is 42.3 Å². The molecule has 1 aromatic carbocycles. The van der Waals surface area contributed by atoms with Gasteiger partial charge >= 0.3 is 0 Å². The Balaban J connectivity index is 1.42. The summed E-state index contributed by atoms with van der Waals surface area (Å²) in [5, 5.41) is 2.88. The van der Waals surface area contributed by atoms with Crippen LogP contribution in [0.15, 0.2) is 55.0 Å². The Bertz CT molecular complexity index is 1310. The predicted molar refractivity (Wildman–Crippen MR) is 132 cm³/mol. The van der Waals surface area contributed by atoms with Gasteiger partial charge in [0.25, 0.3) is 5.91 Å². The summed E-state index contributed by atoms with van der Waals surface area (Å²) >= 11 is 0. The maximum atomic E-state index is 12.8. The first-order valence-electron chi connectivity index (χ1n) is 11.5. The number of rotatable bonds is 6. The summed E-state index contributed by atoms with van der Waals surface area (Å²) < 4.78 is 7.46. The summed E-state index contributed by atoms with van der Waals surface area (Å²) in [5.41, 5.74) is 10.3. The summed E-state index contributed by atoms with van der Waals surface area (Å²) in [6.45, 7) is 4.95. The minimum atomic E-state index is -0.211. The highest BCUT2D eigenvalue weighted by Gasteiger charge is 2.22. The molecule has 174 valence electrons. The minimum Gasteiger partial charge on any atom is -0.382 e. The van der Waals surface area contributed by atoms with Crippen molar-refractivity contribution in [1.82, 2.24) is 19.4 Å². The molecule has 1 aliphatic heterocycles. The molecule has 1 fully saturated rings. The molecule has 0 unspecified atom stereocenters. The van der Waals surface area contributed by atoms with Crippen molar-refractivity contribution in [3.63, 3.8) is 0 Å². The number of hydrogen-bond acceptors (Lipinski definition) is 7. The van der Waals surface area contributed by atoms with Gasteiger partial charge in [0.1, 0.15) is 22.8 Å². The van der Waals surface area contributed by atoms with Gasteiger partial charge in [0, 0.05) is 42.8 Å². The van der Waals surface area contributed by atoms with Crippen LogP contribution in [0.1, 0.15) is 29.3 Å². The van der Waals surface area contributed by atoms with Gasteiger partial charge in [-0.25, -0.2) is 15.0 Å². The molecule has 0 saturated carbocycles. The fourth-order valence-electron chi connectivity index (χ4n) is 4.19. The predicted octanol–water partition coefficient (Wildman–Crippen LogP) is 3.41. The van der Waals surface area contributed by atoms with E-state index < -0.39 is 0 Å². The second-order valence-electron chi connectivity index (χ2n) is 8.22. The van der Waals surface area contributed by atoms with E-state index in [0.717, 1.165) is 54.2 Å². The van der Waals surface area contributed by atoms with Crippen molar-refractivity contribution < 1.29 is 9.53 Å². The van der Waals surface area contributed by atoms with Crippen LogP contribution in [0.4, 0.5) is 17.6 Å². The van der Waals surface area contributed by atoms with E-state index in [2.05, 4.69) is 27.1 Å². The number of nitrogens with two attached hydrogens (primary N) is 1. The lowest BCUT2D eigenvalue weighted by molar-refractivity contribution is 0.102. The Morgan fingerprint density at radius 3 is 2.68 bits per heavy atom. The summed E-state index contributed by atoms with van der Waals surface area (Å²) in [7, 11) is 0. The third kappa shape index (κ3) is 4.29. The van der Waals surface area contributed by atoms with Crippen molar-refractivity contribution in [3.05, 3.63) is 66.1 Å². The van der Waals surface area contributed by atoms with Crippen molar-refractivity contribution in [3.8, 4) is 11.3 Å². The number of aryl methyl sites for hydroxylation is 1. The number of amides is 1. The standard InChI is InChI=1S/C25H27N7O2/c1-2-3-17-8-9-27-20(16-17)29-24(33)19-6-4-18(5-7-19)21-22-23(26)28-10-11-32(22)25(30-21)31-12-14-34-15-13-31/h4-11,16H,2-3,12-15H2,1H3,(H2,26,28)(H,27,29,33). The normalized spacial score (nSPS) is 13.9. The number of imidazole rings is 1. The molecule has 3 aromatic heterocycles. The molecular weight excluding hydrogens is 430 g/mol. The second kappa shape index (κ2) is 9.48. The fraction of sp³-hybridized carbons (Fsp3) is 0.280. The number of aromatic nitrogens is 4. The Morgan fingerprint density at radius 2 is 1.91 bits per heavy atom. The number of carbonyl (C=O) groups excluding carboxylic acids is 1. The van der Waals surface area contributed by atoms with Crippen LogP contribution in [-0.4, -0.2) is 51.6 Å². The number of carbonyl (C=O) groups is 1. The Labute approximate surface area is 197 Å². The molecule has 0 atom stereocenters. The molecule has 0 bridgehead atoms. The molecule has 1 saturated heterocycles. The van der Waals surface area contributed by atoms with Gasteiger partial charge in [0.05, 0.1) is 13.2 Å². The molecule has 4 aromatic rings. The van der Waals surface area contributed by atoms with Crippen LogP contribution in [0.2, 0.25) is 0 Å². The zero-order chi connectivity index (χ0) is 23.5. The topological polar surface area (TPSA) is 111 Å². The van der Waals surface area contributed by atoms with Gasteiger partial charge in [-0.05, 0) is 36.2 Å². The third-order valence-corrected chi connectivity index (χ3v) is 5.88. The van der Waals surface area contributed by atoms with Crippen LogP contribution >= 0.6 is 0 Å². The molecule has 34 heavy (non-hydrogen) atoms. The molecule has 3 N–H and O–H groups in total. The van der Waals surface area contributed by atoms with Gasteiger partial charge in [-0.2, -0.15) is 0 Å². The molecule has 0 spiro atoms. The molecule has 1 aliphatic rings. The van der Waals surface area contributed by atoms with E-state index in [0.29, 0.717) is 30.4 Å². The quantitative estimate of drug-likeness (QED) is 0.456. The number of morpholine rings is 1. The van der Waals surface area contributed by atoms with Crippen molar-refractivity contribution in [2.24, 2.45) is 0 Å². The van der Waals surface area contributed by atoms with Crippen LogP contribution in [0.25, 0.3) is 16.8 Å². The summed E-state index contributed by atoms with van der Waals surface area (Å²) in [6.07, 6.45) is 7.25. The number of hydrogen-bond donors (Lipinski definition) is 2. The van der Waals surface area contributed by atoms with Gasteiger partial charge in [-0.15, -0.1) is 0 Å². The van der Waals surface area contributed by atoms with E-state index in [1.54, 1.807) is 24.5 Å². The van der Waals surface area contributed by atoms with E-state index in [1.165, 1.54) is 0 Å². The summed E-state index contributed by atoms with van der Waals surface area (Å²) in [4.78, 5) is 28.4. The number of nitrogens with one attached hydrogen (secondary N) is 1. The van der Waals surface area contributed by atoms with E-state index in [9.17, 15) is 4.79 Å². The zero-order valence-electron chi connectivity index (χ0n) is 19.1. The first-order valence-corrected chi connectivity index (χ1v) is 11.5. The number of fused-ring (bicyclic) bond motifs is 1. The van der Waals surface area contributed by atoms with Gasteiger partial charge in [0.2, 0.25) is 5.95 Å². The van der Waals surface area contributed by atoms with Crippen LogP contribution < -0.4 is 16.0 Å². The molecule has 0 aliphatic carbocycles. The highest BCUT2D eigenvalue weighted by atomic mass is 16.5. The molecule has 0 radical (unpaired) electrons. The summed E-state index contributed by atoms with van der Waals surface area (Å²) in [6, 6.07) is 11.2. The van der Waals surface area contributed by atoms with E-state index in [4.69, 9.17) is 15.5 Å². The highest BCUT2D eigenvalue weighted by molar-refractivity contribution is 6.04. The van der Waals surface area contributed by atoms with Crippen molar-refractivity contribution in [2.45, 2.75) is 19.8 Å². The fourth-order valence-corrected chi connectivity index (χ4v) is 4.19. The van der Waals surface area contributed by atoms with E-state index in [-0.39, 0.29) is 5.91 Å². The molecule has 9 nitrogen and oxygen atoms in total. The number of benzene rings is 1. The van der Waals surface area contributed by atoms with Crippen LogP contribution in [0, 0.1) is 0 Å². The lowest BCUT2D eigenvalue weighted by Gasteiger charge is -2.27. The average molecular weight is 458 g/mol. The SMILES string of the molecule is CCCc1ccnc(NC(=O)c2ccc(-c3nc(N4CCOCC4)n4ccnc(N)c34)cc2)c1. The van der Waals surface area contributed by atoms with E-state index >= 15 is 0 Å². The lowest BCUT2D eigenvalue weighted by Crippen LogP contribution is -2.37. The maximum absolute atomic E-state index is 12.8. The smallest absolute Gasteiger partial charge is 0.256 e. The van der Waals surface area contributed by atoms with Crippen molar-refractivity contribution in [1.29, 1.82) is 0 Å². The lowest BCUT2D eigenvalue weighted by atomic mass is 10.1. The largest absolute Gasteiger partial charge is 0.382 e. The average Bonchev–Trinajstić information content (AvgIpc) is 3.26. The van der Waals surface area contributed by atoms with Crippen LogP contribution in [0.5, 0.6) is 0 Å². The minimum absolute atomic E-state index is 0.211. The number of ether oxygens (including phenoxy) is 1. The molecule has 4 heterocycles. The summed E-state index contributed by atoms with van der Waals surface area (Å²) in [5.74, 6) is 1.55. The molecule has 9 heteroatoms. The number of anilines is 3. The van der Waals surface area contributed by atoms with Gasteiger partial charge in [-0.1, -0.05) is 25.5 Å². The molecular formula is C25H27N7O2. The zero-order valence-corrected chi connectivity index (χ0v) is 19.1. The van der Waals surface area contributed by atoms with Gasteiger partial charge in [-0.3, -0.25) is 9.20 Å². The molecule has 5 rings (SSSR count). The monoisotopic (exact) mass is 457 g/mol. The first kappa shape index (κ1) is 21.8. The first-order chi connectivity index (χ1) is 16.6. The highest BCUT2D eigenvalue weighted by Crippen LogP contribution is 2.31. The van der Waals surface area contributed by atoms with E-state index in [1.807, 2.05) is 34.9 Å². The number of pyridine rings is 1. The van der Waals surface area contributed by atoms with Crippen molar-refractivity contribution >= 4 is 29.0 Å². The Morgan fingerprint density at radius 1 is 1.12 bits per heavy atom. The van der Waals surface area contributed by atoms with Crippen LogP contribution in [-0.2, 0) is 11.2 Å². The molecule has 1 amide bonds. The van der Waals surface area contributed by atoms with Crippen LogP contribution in [0.3, 0.4) is 0 Å². The second-order valence-corrected chi connectivity index (χ2v) is 8.22. The Hall–Kier alpha value is -3.98. The number of nitrogen functional groups attached to an aromatic ring is 1. The maximum Gasteiger partial charge on any atom is 0.256 e. The number of nitrogens with zero attached hydrogens (tertiary/aromatic N) is 5. The third-order valence-electron chi connectivity index (χ3n) is 5.88.